The molecule has 0 aliphatic carbocycles. The first-order valence-electron chi connectivity index (χ1n) is 4.29. The van der Waals surface area contributed by atoms with Crippen LogP contribution >= 0.6 is 0 Å². The van der Waals surface area contributed by atoms with Crippen LogP contribution in [0.2, 0.25) is 0 Å². The third kappa shape index (κ3) is 5.89. The van der Waals surface area contributed by atoms with E-state index < -0.39 is 0 Å². The summed E-state index contributed by atoms with van der Waals surface area (Å²) in [4.78, 5) is 20.8. The molecule has 0 rings (SSSR count). The van der Waals surface area contributed by atoms with Gasteiger partial charge in [-0.2, -0.15) is 0 Å². The molecular weight excluding hydrogens is 156 g/mol. The molecule has 0 aliphatic heterocycles. The van der Waals surface area contributed by atoms with Gasteiger partial charge in [-0.1, -0.05) is 13.3 Å². The molecule has 0 aromatic carbocycles. The summed E-state index contributed by atoms with van der Waals surface area (Å²) in [5.41, 5.74) is 0. The highest BCUT2D eigenvalue weighted by Gasteiger charge is 2.05. The quantitative estimate of drug-likeness (QED) is 0.451. The first-order valence-corrected chi connectivity index (χ1v) is 4.29. The largest absolute Gasteiger partial charge is 0.466 e. The molecule has 0 spiro atoms. The minimum Gasteiger partial charge on any atom is -0.466 e. The van der Waals surface area contributed by atoms with Crippen molar-refractivity contribution in [2.45, 2.75) is 33.1 Å². The summed E-state index contributed by atoms with van der Waals surface area (Å²) in [5.74, 6) is -0.231. The number of aldehydes is 1. The summed E-state index contributed by atoms with van der Waals surface area (Å²) in [6.45, 7) is 3.76. The maximum Gasteiger partial charge on any atom is 0.302 e. The summed E-state index contributed by atoms with van der Waals surface area (Å²) in [6, 6.07) is 0. The van der Waals surface area contributed by atoms with Crippen LogP contribution in [0.15, 0.2) is 0 Å². The Bertz CT molecular complexity index is 143. The van der Waals surface area contributed by atoms with E-state index in [1.165, 1.54) is 6.92 Å². The zero-order valence-corrected chi connectivity index (χ0v) is 7.71. The number of carbonyl (C=O) groups excluding carboxylic acids is 2. The molecule has 0 amide bonds. The van der Waals surface area contributed by atoms with Crippen molar-refractivity contribution in [2.75, 3.05) is 6.61 Å². The van der Waals surface area contributed by atoms with Crippen LogP contribution in [0, 0.1) is 5.92 Å². The zero-order valence-electron chi connectivity index (χ0n) is 7.71. The third-order valence-corrected chi connectivity index (χ3v) is 1.65. The van der Waals surface area contributed by atoms with E-state index in [-0.39, 0.29) is 11.9 Å². The number of ether oxygens (including phenoxy) is 1. The van der Waals surface area contributed by atoms with Crippen LogP contribution in [0.3, 0.4) is 0 Å². The molecule has 3 nitrogen and oxygen atoms in total. The van der Waals surface area contributed by atoms with E-state index in [1.54, 1.807) is 0 Å². The van der Waals surface area contributed by atoms with Gasteiger partial charge in [0.05, 0.1) is 6.61 Å². The van der Waals surface area contributed by atoms with Gasteiger partial charge in [0.1, 0.15) is 6.29 Å². The molecule has 0 fully saturated rings. The Kier molecular flexibility index (Phi) is 6.34. The van der Waals surface area contributed by atoms with Gasteiger partial charge in [0.25, 0.3) is 0 Å². The standard InChI is InChI=1S/C9H16O3/c1-3-4-9(7-10)5-6-12-8(2)11/h7,9H,3-6H2,1-2H3. The van der Waals surface area contributed by atoms with E-state index in [0.29, 0.717) is 13.0 Å². The Hall–Kier alpha value is -0.860. The van der Waals surface area contributed by atoms with Gasteiger partial charge >= 0.3 is 5.97 Å². The minimum atomic E-state index is -0.281. The molecule has 1 unspecified atom stereocenters. The van der Waals surface area contributed by atoms with Gasteiger partial charge in [0.15, 0.2) is 0 Å². The van der Waals surface area contributed by atoms with Crippen LogP contribution in [-0.4, -0.2) is 18.9 Å². The third-order valence-electron chi connectivity index (χ3n) is 1.65. The second-order valence-corrected chi connectivity index (χ2v) is 2.81. The van der Waals surface area contributed by atoms with Gasteiger partial charge in [-0.3, -0.25) is 4.79 Å². The predicted molar refractivity (Wildman–Crippen MR) is 45.7 cm³/mol. The molecule has 0 radical (unpaired) electrons. The molecule has 0 N–H and O–H groups in total. The number of esters is 1. The first-order chi connectivity index (χ1) is 5.70. The Morgan fingerprint density at radius 3 is 2.58 bits per heavy atom. The lowest BCUT2D eigenvalue weighted by atomic mass is 10.0. The van der Waals surface area contributed by atoms with Crippen LogP contribution in [0.4, 0.5) is 0 Å². The fourth-order valence-electron chi connectivity index (χ4n) is 1.01. The molecule has 0 heterocycles. The monoisotopic (exact) mass is 172 g/mol. The van der Waals surface area contributed by atoms with Gasteiger partial charge in [-0.05, 0) is 12.8 Å². The predicted octanol–water partition coefficient (Wildman–Crippen LogP) is 1.55. The maximum absolute atomic E-state index is 10.4. The maximum atomic E-state index is 10.4. The molecule has 3 heteroatoms. The van der Waals surface area contributed by atoms with Crippen molar-refractivity contribution in [1.29, 1.82) is 0 Å². The molecule has 0 saturated heterocycles. The normalized spacial score (nSPS) is 12.2. The van der Waals surface area contributed by atoms with Crippen molar-refractivity contribution in [3.8, 4) is 0 Å². The van der Waals surface area contributed by atoms with E-state index in [1.807, 2.05) is 6.92 Å². The first kappa shape index (κ1) is 11.1. The molecule has 70 valence electrons. The highest BCUT2D eigenvalue weighted by molar-refractivity contribution is 5.65. The smallest absolute Gasteiger partial charge is 0.302 e. The molecule has 0 aliphatic rings. The molecule has 0 aromatic rings. The second kappa shape index (κ2) is 6.83. The van der Waals surface area contributed by atoms with Crippen LogP contribution in [-0.2, 0) is 14.3 Å². The van der Waals surface area contributed by atoms with Crippen molar-refractivity contribution in [2.24, 2.45) is 5.92 Å². The van der Waals surface area contributed by atoms with E-state index in [4.69, 9.17) is 4.74 Å². The Morgan fingerprint density at radius 1 is 1.50 bits per heavy atom. The van der Waals surface area contributed by atoms with Crippen molar-refractivity contribution >= 4 is 12.3 Å². The average molecular weight is 172 g/mol. The molecule has 0 saturated carbocycles. The van der Waals surface area contributed by atoms with Gasteiger partial charge in [-0.25, -0.2) is 0 Å². The molecule has 0 bridgehead atoms. The molecule has 12 heavy (non-hydrogen) atoms. The summed E-state index contributed by atoms with van der Waals surface area (Å²) >= 11 is 0. The van der Waals surface area contributed by atoms with Crippen molar-refractivity contribution in [1.82, 2.24) is 0 Å². The number of hydrogen-bond acceptors (Lipinski definition) is 3. The van der Waals surface area contributed by atoms with E-state index in [9.17, 15) is 9.59 Å². The highest BCUT2D eigenvalue weighted by Crippen LogP contribution is 2.07. The lowest BCUT2D eigenvalue weighted by Gasteiger charge is -2.07. The van der Waals surface area contributed by atoms with Gasteiger partial charge < -0.3 is 9.53 Å². The van der Waals surface area contributed by atoms with Crippen molar-refractivity contribution < 1.29 is 14.3 Å². The fourth-order valence-corrected chi connectivity index (χ4v) is 1.01. The van der Waals surface area contributed by atoms with Crippen molar-refractivity contribution in [3.05, 3.63) is 0 Å². The van der Waals surface area contributed by atoms with Gasteiger partial charge in [0, 0.05) is 12.8 Å². The van der Waals surface area contributed by atoms with E-state index >= 15 is 0 Å². The number of rotatable bonds is 6. The molecule has 1 atom stereocenters. The summed E-state index contributed by atoms with van der Waals surface area (Å²) in [7, 11) is 0. The van der Waals surface area contributed by atoms with Crippen molar-refractivity contribution in [3.63, 3.8) is 0 Å². The second-order valence-electron chi connectivity index (χ2n) is 2.81. The van der Waals surface area contributed by atoms with Gasteiger partial charge in [0.2, 0.25) is 0 Å². The zero-order chi connectivity index (χ0) is 9.40. The summed E-state index contributed by atoms with van der Waals surface area (Å²) in [6.07, 6.45) is 3.46. The van der Waals surface area contributed by atoms with E-state index in [2.05, 4.69) is 0 Å². The molecular formula is C9H16O3. The Morgan fingerprint density at radius 2 is 2.17 bits per heavy atom. The summed E-state index contributed by atoms with van der Waals surface area (Å²) < 4.78 is 4.72. The SMILES string of the molecule is CCCC(C=O)CCOC(C)=O. The number of hydrogen-bond donors (Lipinski definition) is 0. The van der Waals surface area contributed by atoms with Crippen LogP contribution < -0.4 is 0 Å². The van der Waals surface area contributed by atoms with Gasteiger partial charge in [-0.15, -0.1) is 0 Å². The highest BCUT2D eigenvalue weighted by atomic mass is 16.5. The summed E-state index contributed by atoms with van der Waals surface area (Å²) in [5, 5.41) is 0. The lowest BCUT2D eigenvalue weighted by molar-refractivity contribution is -0.141. The lowest BCUT2D eigenvalue weighted by Crippen LogP contribution is -2.08. The average Bonchev–Trinajstić information content (AvgIpc) is 2.02. The fraction of sp³-hybridized carbons (Fsp3) is 0.778. The minimum absolute atomic E-state index is 0.0503. The van der Waals surface area contributed by atoms with Crippen LogP contribution in [0.25, 0.3) is 0 Å². The van der Waals surface area contributed by atoms with E-state index in [0.717, 1.165) is 19.1 Å². The Balaban J connectivity index is 3.44. The van der Waals surface area contributed by atoms with Crippen LogP contribution in [0.5, 0.6) is 0 Å². The molecule has 0 aromatic heterocycles. The van der Waals surface area contributed by atoms with Crippen LogP contribution in [0.1, 0.15) is 33.1 Å². The topological polar surface area (TPSA) is 43.4 Å². The Labute approximate surface area is 73.1 Å². The number of carbonyl (C=O) groups is 2.